The molecular weight excluding hydrogens is 221 g/mol. The SMILES string of the molecule is CN1C(=O)N(c2ccc(F)cc2)CC1CCN. The first-order chi connectivity index (χ1) is 8.13. The first-order valence-electron chi connectivity index (χ1n) is 5.63. The van der Waals surface area contributed by atoms with Gasteiger partial charge in [-0.25, -0.2) is 9.18 Å². The highest BCUT2D eigenvalue weighted by atomic mass is 19.1. The van der Waals surface area contributed by atoms with Gasteiger partial charge < -0.3 is 10.6 Å². The maximum absolute atomic E-state index is 12.8. The number of nitrogens with zero attached hydrogens (tertiary/aromatic N) is 2. The summed E-state index contributed by atoms with van der Waals surface area (Å²) in [6, 6.07) is 6.03. The van der Waals surface area contributed by atoms with Gasteiger partial charge in [-0.3, -0.25) is 4.90 Å². The number of rotatable bonds is 3. The van der Waals surface area contributed by atoms with Gasteiger partial charge in [-0.2, -0.15) is 0 Å². The second-order valence-corrected chi connectivity index (χ2v) is 4.21. The highest BCUT2D eigenvalue weighted by Crippen LogP contribution is 2.24. The van der Waals surface area contributed by atoms with Crippen molar-refractivity contribution < 1.29 is 9.18 Å². The van der Waals surface area contributed by atoms with Crippen molar-refractivity contribution in [3.05, 3.63) is 30.1 Å². The third-order valence-corrected chi connectivity index (χ3v) is 3.11. The number of halogens is 1. The summed E-state index contributed by atoms with van der Waals surface area (Å²) in [6.07, 6.45) is 0.778. The van der Waals surface area contributed by atoms with Gasteiger partial charge in [0.05, 0.1) is 6.04 Å². The molecule has 4 nitrogen and oxygen atoms in total. The van der Waals surface area contributed by atoms with E-state index in [1.54, 1.807) is 29.0 Å². The molecule has 1 heterocycles. The molecule has 0 aromatic heterocycles. The number of hydrogen-bond donors (Lipinski definition) is 1. The van der Waals surface area contributed by atoms with Crippen LogP contribution in [0.5, 0.6) is 0 Å². The van der Waals surface area contributed by atoms with E-state index < -0.39 is 0 Å². The summed E-state index contributed by atoms with van der Waals surface area (Å²) >= 11 is 0. The molecule has 1 saturated heterocycles. The summed E-state index contributed by atoms with van der Waals surface area (Å²) < 4.78 is 12.8. The first-order valence-corrected chi connectivity index (χ1v) is 5.63. The zero-order valence-corrected chi connectivity index (χ0v) is 9.77. The quantitative estimate of drug-likeness (QED) is 0.864. The highest BCUT2D eigenvalue weighted by molar-refractivity contribution is 5.94. The summed E-state index contributed by atoms with van der Waals surface area (Å²) in [4.78, 5) is 15.3. The Bertz CT molecular complexity index is 407. The third-order valence-electron chi connectivity index (χ3n) is 3.11. The van der Waals surface area contributed by atoms with E-state index in [0.717, 1.165) is 12.1 Å². The van der Waals surface area contributed by atoms with Crippen LogP contribution in [0.15, 0.2) is 24.3 Å². The molecule has 1 aliphatic heterocycles. The van der Waals surface area contributed by atoms with Crippen LogP contribution in [0.1, 0.15) is 6.42 Å². The smallest absolute Gasteiger partial charge is 0.324 e. The summed E-state index contributed by atoms with van der Waals surface area (Å²) in [6.45, 7) is 1.16. The van der Waals surface area contributed by atoms with Gasteiger partial charge in [0.15, 0.2) is 0 Å². The van der Waals surface area contributed by atoms with Gasteiger partial charge in [-0.05, 0) is 37.2 Å². The maximum atomic E-state index is 12.8. The average molecular weight is 237 g/mol. The molecule has 2 rings (SSSR count). The lowest BCUT2D eigenvalue weighted by atomic mass is 10.2. The number of urea groups is 1. The third kappa shape index (κ3) is 2.24. The Morgan fingerprint density at radius 2 is 2.06 bits per heavy atom. The predicted molar refractivity (Wildman–Crippen MR) is 64.4 cm³/mol. The number of amides is 2. The van der Waals surface area contributed by atoms with E-state index in [0.29, 0.717) is 13.1 Å². The van der Waals surface area contributed by atoms with E-state index in [9.17, 15) is 9.18 Å². The molecular formula is C12H16FN3O. The van der Waals surface area contributed by atoms with Crippen molar-refractivity contribution in [2.45, 2.75) is 12.5 Å². The van der Waals surface area contributed by atoms with Gasteiger partial charge in [0.2, 0.25) is 0 Å². The molecule has 1 aliphatic rings. The van der Waals surface area contributed by atoms with Crippen LogP contribution in [0.25, 0.3) is 0 Å². The first kappa shape index (κ1) is 11.9. The fraction of sp³-hybridized carbons (Fsp3) is 0.417. The summed E-state index contributed by atoms with van der Waals surface area (Å²) in [5, 5.41) is 0. The molecule has 0 bridgehead atoms. The van der Waals surface area contributed by atoms with Gasteiger partial charge in [-0.15, -0.1) is 0 Å². The molecule has 1 unspecified atom stereocenters. The Hall–Kier alpha value is -1.62. The molecule has 0 saturated carbocycles. The van der Waals surface area contributed by atoms with Crippen molar-refractivity contribution in [3.8, 4) is 0 Å². The van der Waals surface area contributed by atoms with Gasteiger partial charge in [0.25, 0.3) is 0 Å². The van der Waals surface area contributed by atoms with Crippen LogP contribution < -0.4 is 10.6 Å². The van der Waals surface area contributed by atoms with Crippen molar-refractivity contribution in [1.29, 1.82) is 0 Å². The van der Waals surface area contributed by atoms with Crippen molar-refractivity contribution in [1.82, 2.24) is 4.90 Å². The van der Waals surface area contributed by atoms with Gasteiger partial charge in [0.1, 0.15) is 5.82 Å². The summed E-state index contributed by atoms with van der Waals surface area (Å²) in [7, 11) is 1.77. The lowest BCUT2D eigenvalue weighted by Crippen LogP contribution is -2.32. The van der Waals surface area contributed by atoms with Gasteiger partial charge >= 0.3 is 6.03 Å². The average Bonchev–Trinajstić information content (AvgIpc) is 2.59. The van der Waals surface area contributed by atoms with Crippen LogP contribution in [0.3, 0.4) is 0 Å². The fourth-order valence-electron chi connectivity index (χ4n) is 2.07. The molecule has 1 atom stereocenters. The highest BCUT2D eigenvalue weighted by Gasteiger charge is 2.34. The molecule has 5 heteroatoms. The molecule has 0 radical (unpaired) electrons. The molecule has 2 N–H and O–H groups in total. The Kier molecular flexibility index (Phi) is 3.28. The van der Waals surface area contributed by atoms with Crippen LogP contribution in [0.4, 0.5) is 14.9 Å². The van der Waals surface area contributed by atoms with Crippen LogP contribution in [0, 0.1) is 5.82 Å². The molecule has 1 aromatic carbocycles. The Morgan fingerprint density at radius 1 is 1.41 bits per heavy atom. The minimum absolute atomic E-state index is 0.0601. The van der Waals surface area contributed by atoms with Gasteiger partial charge in [0, 0.05) is 19.3 Å². The molecule has 92 valence electrons. The minimum Gasteiger partial charge on any atom is -0.330 e. The topological polar surface area (TPSA) is 49.6 Å². The van der Waals surface area contributed by atoms with Crippen LogP contribution in [-0.4, -0.2) is 37.1 Å². The molecule has 1 fully saturated rings. The standard InChI is InChI=1S/C12H16FN3O/c1-15-11(6-7-14)8-16(12(15)17)10-4-2-9(13)3-5-10/h2-5,11H,6-8,14H2,1H3. The second kappa shape index (κ2) is 4.71. The van der Waals surface area contributed by atoms with Crippen LogP contribution >= 0.6 is 0 Å². The van der Waals surface area contributed by atoms with Crippen LogP contribution in [-0.2, 0) is 0 Å². The van der Waals surface area contributed by atoms with Gasteiger partial charge in [-0.1, -0.05) is 0 Å². The predicted octanol–water partition coefficient (Wildman–Crippen LogP) is 1.41. The number of carbonyl (C=O) groups excluding carboxylic acids is 1. The Morgan fingerprint density at radius 3 is 2.65 bits per heavy atom. The molecule has 1 aromatic rings. The second-order valence-electron chi connectivity index (χ2n) is 4.21. The largest absolute Gasteiger partial charge is 0.330 e. The minimum atomic E-state index is -0.299. The molecule has 17 heavy (non-hydrogen) atoms. The fourth-order valence-corrected chi connectivity index (χ4v) is 2.07. The molecule has 0 spiro atoms. The van der Waals surface area contributed by atoms with Crippen molar-refractivity contribution in [3.63, 3.8) is 0 Å². The number of anilines is 1. The Labute approximate surface area is 99.8 Å². The van der Waals surface area contributed by atoms with Crippen molar-refractivity contribution >= 4 is 11.7 Å². The molecule has 0 aliphatic carbocycles. The van der Waals surface area contributed by atoms with E-state index in [4.69, 9.17) is 5.73 Å². The van der Waals surface area contributed by atoms with E-state index in [2.05, 4.69) is 0 Å². The van der Waals surface area contributed by atoms with E-state index in [1.165, 1.54) is 12.1 Å². The number of carbonyl (C=O) groups is 1. The lowest BCUT2D eigenvalue weighted by Gasteiger charge is -2.16. The van der Waals surface area contributed by atoms with Crippen molar-refractivity contribution in [2.75, 3.05) is 25.0 Å². The maximum Gasteiger partial charge on any atom is 0.324 e. The summed E-state index contributed by atoms with van der Waals surface area (Å²) in [5.74, 6) is -0.299. The monoisotopic (exact) mass is 237 g/mol. The number of hydrogen-bond acceptors (Lipinski definition) is 2. The number of nitrogens with two attached hydrogens (primary N) is 1. The zero-order valence-electron chi connectivity index (χ0n) is 9.77. The van der Waals surface area contributed by atoms with E-state index in [-0.39, 0.29) is 17.9 Å². The van der Waals surface area contributed by atoms with Crippen LogP contribution in [0.2, 0.25) is 0 Å². The normalized spacial score (nSPS) is 20.2. The number of likely N-dealkylation sites (N-methyl/N-ethyl adjacent to an activating group) is 1. The zero-order chi connectivity index (χ0) is 12.4. The molecule has 2 amide bonds. The number of benzene rings is 1. The van der Waals surface area contributed by atoms with E-state index in [1.807, 2.05) is 0 Å². The van der Waals surface area contributed by atoms with Crippen molar-refractivity contribution in [2.24, 2.45) is 5.73 Å². The Balaban J connectivity index is 2.17. The lowest BCUT2D eigenvalue weighted by molar-refractivity contribution is 0.217. The van der Waals surface area contributed by atoms with E-state index >= 15 is 0 Å². The summed E-state index contributed by atoms with van der Waals surface area (Å²) in [5.41, 5.74) is 6.24.